The first kappa shape index (κ1) is 27.1. The van der Waals surface area contributed by atoms with E-state index in [1.165, 1.54) is 13.4 Å². The Kier molecular flexibility index (Phi) is 9.63. The number of nitrogens with one attached hydrogen (secondary N) is 2. The maximum atomic E-state index is 12.7. The number of methoxy groups -OCH3 is 2. The summed E-state index contributed by atoms with van der Waals surface area (Å²) in [7, 11) is 2.94. The molecule has 0 atom stereocenters. The molecule has 0 aliphatic carbocycles. The Morgan fingerprint density at radius 3 is 2.55 bits per heavy atom. The fourth-order valence-electron chi connectivity index (χ4n) is 4.30. The van der Waals surface area contributed by atoms with E-state index in [2.05, 4.69) is 35.2 Å². The summed E-state index contributed by atoms with van der Waals surface area (Å²) in [6.45, 7) is 3.06. The molecule has 2 N–H and O–H groups in total. The van der Waals surface area contributed by atoms with Crippen LogP contribution in [-0.4, -0.2) is 67.4 Å². The number of rotatable bonds is 12. The number of carbonyl (C=O) groups excluding carboxylic acids is 2. The monoisotopic (exact) mass is 522 g/mol. The van der Waals surface area contributed by atoms with E-state index in [4.69, 9.17) is 9.47 Å². The normalized spacial score (nSPS) is 13.3. The van der Waals surface area contributed by atoms with Crippen LogP contribution in [0.1, 0.15) is 38.5 Å². The summed E-state index contributed by atoms with van der Waals surface area (Å²) < 4.78 is 15.6. The van der Waals surface area contributed by atoms with E-state index in [9.17, 15) is 9.59 Å². The number of anilines is 4. The minimum Gasteiger partial charge on any atom is -0.494 e. The number of benzene rings is 1. The molecular weight excluding hydrogens is 488 g/mol. The predicted molar refractivity (Wildman–Crippen MR) is 145 cm³/mol. The molecule has 0 unspecified atom stereocenters. The number of aromatic nitrogens is 3. The minimum atomic E-state index is -0.204. The number of fused-ring (bicyclic) bond motifs is 1. The summed E-state index contributed by atoms with van der Waals surface area (Å²) in [5.41, 5.74) is 2.28. The van der Waals surface area contributed by atoms with Gasteiger partial charge in [-0.15, -0.1) is 0 Å². The third-order valence-electron chi connectivity index (χ3n) is 6.36. The molecule has 202 valence electrons. The SMILES string of the molecule is COC(=O)CCCCCCC(=O)Nc1cc2c(Nc3cc(N4CCOCC4)ccn3)ncnc2cc1OC. The first-order valence-corrected chi connectivity index (χ1v) is 12.8. The van der Waals surface area contributed by atoms with Gasteiger partial charge in [0.1, 0.15) is 23.7 Å². The Morgan fingerprint density at radius 1 is 1.00 bits per heavy atom. The van der Waals surface area contributed by atoms with Crippen molar-refractivity contribution in [1.29, 1.82) is 0 Å². The zero-order chi connectivity index (χ0) is 26.7. The van der Waals surface area contributed by atoms with Crippen molar-refractivity contribution in [3.63, 3.8) is 0 Å². The van der Waals surface area contributed by atoms with E-state index in [0.717, 1.165) is 49.8 Å². The van der Waals surface area contributed by atoms with Crippen molar-refractivity contribution in [2.75, 3.05) is 56.1 Å². The van der Waals surface area contributed by atoms with Crippen LogP contribution in [-0.2, 0) is 19.1 Å². The highest BCUT2D eigenvalue weighted by Crippen LogP contribution is 2.33. The number of hydrogen-bond donors (Lipinski definition) is 2. The highest BCUT2D eigenvalue weighted by molar-refractivity contribution is 5.99. The van der Waals surface area contributed by atoms with Gasteiger partial charge in [-0.2, -0.15) is 0 Å². The van der Waals surface area contributed by atoms with Gasteiger partial charge >= 0.3 is 5.97 Å². The van der Waals surface area contributed by atoms with Crippen molar-refractivity contribution in [2.24, 2.45) is 0 Å². The Labute approximate surface area is 221 Å². The number of ether oxygens (including phenoxy) is 3. The van der Waals surface area contributed by atoms with Gasteiger partial charge in [-0.25, -0.2) is 15.0 Å². The van der Waals surface area contributed by atoms with Gasteiger partial charge in [-0.05, 0) is 25.0 Å². The number of hydrogen-bond acceptors (Lipinski definition) is 10. The molecule has 0 saturated carbocycles. The highest BCUT2D eigenvalue weighted by atomic mass is 16.5. The highest BCUT2D eigenvalue weighted by Gasteiger charge is 2.15. The van der Waals surface area contributed by atoms with E-state index in [-0.39, 0.29) is 11.9 Å². The third kappa shape index (κ3) is 7.28. The van der Waals surface area contributed by atoms with E-state index in [0.29, 0.717) is 54.6 Å². The number of nitrogens with zero attached hydrogens (tertiary/aromatic N) is 4. The van der Waals surface area contributed by atoms with Crippen LogP contribution in [0, 0.1) is 0 Å². The Balaban J connectivity index is 1.44. The molecule has 1 amide bonds. The lowest BCUT2D eigenvalue weighted by Crippen LogP contribution is -2.36. The maximum absolute atomic E-state index is 12.7. The van der Waals surface area contributed by atoms with Crippen LogP contribution in [0.15, 0.2) is 36.8 Å². The van der Waals surface area contributed by atoms with Gasteiger partial charge in [0.25, 0.3) is 0 Å². The molecule has 4 rings (SSSR count). The number of pyridine rings is 1. The molecule has 1 aromatic carbocycles. The van der Waals surface area contributed by atoms with Gasteiger partial charge in [0, 0.05) is 55.3 Å². The lowest BCUT2D eigenvalue weighted by Gasteiger charge is -2.29. The maximum Gasteiger partial charge on any atom is 0.305 e. The van der Waals surface area contributed by atoms with Crippen molar-refractivity contribution in [3.8, 4) is 5.75 Å². The van der Waals surface area contributed by atoms with Gasteiger partial charge in [-0.3, -0.25) is 9.59 Å². The molecule has 3 heterocycles. The van der Waals surface area contributed by atoms with Crippen LogP contribution in [0.5, 0.6) is 5.75 Å². The molecule has 11 nitrogen and oxygen atoms in total. The number of unbranched alkanes of at least 4 members (excludes halogenated alkanes) is 3. The van der Waals surface area contributed by atoms with Gasteiger partial charge in [-0.1, -0.05) is 12.8 Å². The van der Waals surface area contributed by atoms with E-state index in [1.54, 1.807) is 19.4 Å². The van der Waals surface area contributed by atoms with Crippen LogP contribution in [0.2, 0.25) is 0 Å². The minimum absolute atomic E-state index is 0.109. The fraction of sp³-hybridized carbons (Fsp3) is 0.444. The van der Waals surface area contributed by atoms with Crippen molar-refractivity contribution in [2.45, 2.75) is 38.5 Å². The van der Waals surface area contributed by atoms with Crippen molar-refractivity contribution in [1.82, 2.24) is 15.0 Å². The van der Waals surface area contributed by atoms with Gasteiger partial charge in [0.2, 0.25) is 5.91 Å². The first-order valence-electron chi connectivity index (χ1n) is 12.8. The number of esters is 1. The standard InChI is InChI=1S/C27H34N6O5/c1-36-23-17-21-20(16-22(23)31-25(34)7-5-3-4-6-8-26(35)37-2)27(30-18-29-21)32-24-15-19(9-10-28-24)33-11-13-38-14-12-33/h9-10,15-18H,3-8,11-14H2,1-2H3,(H,31,34)(H,28,29,30,32). The molecule has 11 heteroatoms. The summed E-state index contributed by atoms with van der Waals surface area (Å²) >= 11 is 0. The predicted octanol–water partition coefficient (Wildman–Crippen LogP) is 4.07. The van der Waals surface area contributed by atoms with E-state index in [1.807, 2.05) is 18.2 Å². The number of carbonyl (C=O) groups is 2. The fourth-order valence-corrected chi connectivity index (χ4v) is 4.30. The zero-order valence-corrected chi connectivity index (χ0v) is 21.9. The van der Waals surface area contributed by atoms with E-state index >= 15 is 0 Å². The Hall–Kier alpha value is -3.99. The summed E-state index contributed by atoms with van der Waals surface area (Å²) in [6.07, 6.45) is 7.23. The molecule has 1 saturated heterocycles. The second kappa shape index (κ2) is 13.5. The number of morpholine rings is 1. The first-order chi connectivity index (χ1) is 18.6. The second-order valence-corrected chi connectivity index (χ2v) is 8.95. The molecular formula is C27H34N6O5. The van der Waals surface area contributed by atoms with Crippen molar-refractivity contribution < 1.29 is 23.8 Å². The van der Waals surface area contributed by atoms with Crippen molar-refractivity contribution in [3.05, 3.63) is 36.8 Å². The molecule has 0 radical (unpaired) electrons. The van der Waals surface area contributed by atoms with Gasteiger partial charge in [0.15, 0.2) is 0 Å². The molecule has 3 aromatic rings. The zero-order valence-electron chi connectivity index (χ0n) is 21.9. The summed E-state index contributed by atoms with van der Waals surface area (Å²) in [4.78, 5) is 39.4. The smallest absolute Gasteiger partial charge is 0.305 e. The summed E-state index contributed by atoms with van der Waals surface area (Å²) in [6, 6.07) is 7.56. The average molecular weight is 523 g/mol. The molecule has 2 aromatic heterocycles. The molecule has 0 bridgehead atoms. The van der Waals surface area contributed by atoms with Crippen LogP contribution < -0.4 is 20.3 Å². The van der Waals surface area contributed by atoms with E-state index < -0.39 is 0 Å². The lowest BCUT2D eigenvalue weighted by molar-refractivity contribution is -0.140. The number of amides is 1. The Morgan fingerprint density at radius 2 is 1.79 bits per heavy atom. The average Bonchev–Trinajstić information content (AvgIpc) is 2.95. The Bertz CT molecular complexity index is 1250. The van der Waals surface area contributed by atoms with Crippen LogP contribution in [0.3, 0.4) is 0 Å². The van der Waals surface area contributed by atoms with Crippen LogP contribution in [0.25, 0.3) is 10.9 Å². The second-order valence-electron chi connectivity index (χ2n) is 8.95. The van der Waals surface area contributed by atoms with Gasteiger partial charge in [0.05, 0.1) is 38.6 Å². The quantitative estimate of drug-likeness (QED) is 0.265. The van der Waals surface area contributed by atoms with Crippen LogP contribution in [0.4, 0.5) is 23.0 Å². The molecule has 1 aliphatic rings. The van der Waals surface area contributed by atoms with Crippen LogP contribution >= 0.6 is 0 Å². The topological polar surface area (TPSA) is 128 Å². The largest absolute Gasteiger partial charge is 0.494 e. The molecule has 1 fully saturated rings. The van der Waals surface area contributed by atoms with Gasteiger partial charge < -0.3 is 29.7 Å². The molecule has 1 aliphatic heterocycles. The summed E-state index contributed by atoms with van der Waals surface area (Å²) in [5.74, 6) is 1.43. The summed E-state index contributed by atoms with van der Waals surface area (Å²) in [5, 5.41) is 6.99. The lowest BCUT2D eigenvalue weighted by atomic mass is 10.1. The molecule has 0 spiro atoms. The third-order valence-corrected chi connectivity index (χ3v) is 6.36. The van der Waals surface area contributed by atoms with Crippen molar-refractivity contribution >= 4 is 45.8 Å². The molecule has 38 heavy (non-hydrogen) atoms.